The Kier molecular flexibility index (Phi) is 6.29. The van der Waals surface area contributed by atoms with Gasteiger partial charge in [-0.1, -0.05) is 31.0 Å². The maximum Gasteiger partial charge on any atom is 0.240 e. The second-order valence-electron chi connectivity index (χ2n) is 6.89. The number of anilines is 1. The number of rotatable bonds is 5. The van der Waals surface area contributed by atoms with E-state index in [1.165, 1.54) is 35.6 Å². The van der Waals surface area contributed by atoms with E-state index in [1.54, 1.807) is 0 Å². The lowest BCUT2D eigenvalue weighted by Gasteiger charge is -2.27. The molecule has 1 heterocycles. The van der Waals surface area contributed by atoms with Crippen molar-refractivity contribution in [3.8, 4) is 0 Å². The van der Waals surface area contributed by atoms with E-state index in [4.69, 9.17) is 0 Å². The SMILES string of the molecule is O=C(CN(C(=O)[C@H]1CSC(=O)C1)c1ccc(F)cc1)NC1CCCCC1. The van der Waals surface area contributed by atoms with Crippen molar-refractivity contribution >= 4 is 34.4 Å². The predicted molar refractivity (Wildman–Crippen MR) is 99.3 cm³/mol. The van der Waals surface area contributed by atoms with Gasteiger partial charge >= 0.3 is 0 Å². The lowest BCUT2D eigenvalue weighted by atomic mass is 9.95. The number of hydrogen-bond donors (Lipinski definition) is 1. The molecular weight excluding hydrogens is 355 g/mol. The first kappa shape index (κ1) is 18.9. The van der Waals surface area contributed by atoms with Gasteiger partial charge in [-0.15, -0.1) is 0 Å². The average molecular weight is 378 g/mol. The molecule has 2 aliphatic rings. The zero-order valence-electron chi connectivity index (χ0n) is 14.6. The Balaban J connectivity index is 1.71. The Labute approximate surface area is 156 Å². The van der Waals surface area contributed by atoms with Gasteiger partial charge in [-0.2, -0.15) is 0 Å². The van der Waals surface area contributed by atoms with Crippen LogP contribution in [-0.4, -0.2) is 35.3 Å². The second-order valence-corrected chi connectivity index (χ2v) is 7.96. The Hall–Kier alpha value is -1.89. The maximum atomic E-state index is 13.2. The first-order chi connectivity index (χ1) is 12.5. The minimum Gasteiger partial charge on any atom is -0.352 e. The van der Waals surface area contributed by atoms with Gasteiger partial charge in [0.1, 0.15) is 12.4 Å². The van der Waals surface area contributed by atoms with E-state index in [0.29, 0.717) is 11.4 Å². The molecular formula is C19H23FN2O3S. The van der Waals surface area contributed by atoms with Gasteiger partial charge in [-0.05, 0) is 37.1 Å². The smallest absolute Gasteiger partial charge is 0.240 e. The Bertz CT molecular complexity index is 674. The Morgan fingerprint density at radius 2 is 1.85 bits per heavy atom. The average Bonchev–Trinajstić information content (AvgIpc) is 3.07. The van der Waals surface area contributed by atoms with Crippen molar-refractivity contribution in [3.63, 3.8) is 0 Å². The minimum atomic E-state index is -0.431. The van der Waals surface area contributed by atoms with Crippen LogP contribution in [0.2, 0.25) is 0 Å². The van der Waals surface area contributed by atoms with Crippen LogP contribution in [0.4, 0.5) is 10.1 Å². The number of hydrogen-bond acceptors (Lipinski definition) is 4. The molecule has 2 fully saturated rings. The molecule has 1 aromatic rings. The molecule has 3 rings (SSSR count). The number of amides is 2. The van der Waals surface area contributed by atoms with Crippen molar-refractivity contribution in [1.82, 2.24) is 5.32 Å². The fourth-order valence-electron chi connectivity index (χ4n) is 3.47. The summed E-state index contributed by atoms with van der Waals surface area (Å²) in [6.07, 6.45) is 5.51. The van der Waals surface area contributed by atoms with Crippen LogP contribution in [0.1, 0.15) is 38.5 Å². The van der Waals surface area contributed by atoms with E-state index in [1.807, 2.05) is 0 Å². The molecule has 0 spiro atoms. The molecule has 1 aromatic carbocycles. The summed E-state index contributed by atoms with van der Waals surface area (Å²) >= 11 is 1.15. The highest BCUT2D eigenvalue weighted by Gasteiger charge is 2.34. The fraction of sp³-hybridized carbons (Fsp3) is 0.526. The molecule has 26 heavy (non-hydrogen) atoms. The van der Waals surface area contributed by atoms with E-state index in [2.05, 4.69) is 5.32 Å². The molecule has 0 unspecified atom stereocenters. The number of halogens is 1. The lowest BCUT2D eigenvalue weighted by molar-refractivity contribution is -0.126. The van der Waals surface area contributed by atoms with Gasteiger partial charge in [-0.25, -0.2) is 4.39 Å². The number of carbonyl (C=O) groups is 3. The molecule has 1 aliphatic heterocycles. The highest BCUT2D eigenvalue weighted by molar-refractivity contribution is 8.14. The normalized spacial score (nSPS) is 20.8. The van der Waals surface area contributed by atoms with Gasteiger partial charge in [0.05, 0.1) is 5.92 Å². The third-order valence-electron chi connectivity index (χ3n) is 4.88. The quantitative estimate of drug-likeness (QED) is 0.856. The molecule has 5 nitrogen and oxygen atoms in total. The van der Waals surface area contributed by atoms with E-state index >= 15 is 0 Å². The summed E-state index contributed by atoms with van der Waals surface area (Å²) in [4.78, 5) is 38.3. The fourth-order valence-corrected chi connectivity index (χ4v) is 4.44. The topological polar surface area (TPSA) is 66.5 Å². The van der Waals surface area contributed by atoms with Gasteiger partial charge in [0.25, 0.3) is 0 Å². The Morgan fingerprint density at radius 1 is 1.15 bits per heavy atom. The zero-order valence-corrected chi connectivity index (χ0v) is 15.4. The predicted octanol–water partition coefficient (Wildman–Crippen LogP) is 2.89. The van der Waals surface area contributed by atoms with Crippen LogP contribution in [-0.2, 0) is 14.4 Å². The summed E-state index contributed by atoms with van der Waals surface area (Å²) in [7, 11) is 0. The van der Waals surface area contributed by atoms with Crippen molar-refractivity contribution < 1.29 is 18.8 Å². The van der Waals surface area contributed by atoms with Gasteiger partial charge in [0.15, 0.2) is 5.12 Å². The molecule has 0 aromatic heterocycles. The van der Waals surface area contributed by atoms with Gasteiger partial charge in [0, 0.05) is 23.9 Å². The maximum absolute atomic E-state index is 13.2. The van der Waals surface area contributed by atoms with Gasteiger partial charge in [0.2, 0.25) is 11.8 Å². The minimum absolute atomic E-state index is 0.00550. The van der Waals surface area contributed by atoms with E-state index in [0.717, 1.165) is 37.4 Å². The molecule has 2 amide bonds. The molecule has 1 N–H and O–H groups in total. The molecule has 1 aliphatic carbocycles. The van der Waals surface area contributed by atoms with Crippen molar-refractivity contribution in [2.24, 2.45) is 5.92 Å². The molecule has 0 radical (unpaired) electrons. The number of carbonyl (C=O) groups excluding carboxylic acids is 3. The van der Waals surface area contributed by atoms with E-state index in [-0.39, 0.29) is 35.9 Å². The van der Waals surface area contributed by atoms with Crippen LogP contribution >= 0.6 is 11.8 Å². The number of nitrogens with zero attached hydrogens (tertiary/aromatic N) is 1. The third-order valence-corrected chi connectivity index (χ3v) is 5.94. The molecule has 7 heteroatoms. The van der Waals surface area contributed by atoms with Crippen molar-refractivity contribution in [1.29, 1.82) is 0 Å². The zero-order chi connectivity index (χ0) is 18.5. The lowest BCUT2D eigenvalue weighted by Crippen LogP contribution is -2.46. The van der Waals surface area contributed by atoms with Crippen molar-refractivity contribution in [2.75, 3.05) is 17.2 Å². The van der Waals surface area contributed by atoms with Crippen molar-refractivity contribution in [3.05, 3.63) is 30.1 Å². The number of benzene rings is 1. The van der Waals surface area contributed by atoms with Crippen LogP contribution in [0.15, 0.2) is 24.3 Å². The van der Waals surface area contributed by atoms with Crippen LogP contribution in [0.3, 0.4) is 0 Å². The molecule has 1 saturated heterocycles. The monoisotopic (exact) mass is 378 g/mol. The largest absolute Gasteiger partial charge is 0.352 e. The summed E-state index contributed by atoms with van der Waals surface area (Å²) in [6.45, 7) is -0.115. The van der Waals surface area contributed by atoms with E-state index < -0.39 is 11.7 Å². The van der Waals surface area contributed by atoms with Crippen molar-refractivity contribution in [2.45, 2.75) is 44.6 Å². The highest BCUT2D eigenvalue weighted by Crippen LogP contribution is 2.29. The van der Waals surface area contributed by atoms with Gasteiger partial charge < -0.3 is 10.2 Å². The third kappa shape index (κ3) is 4.84. The summed E-state index contributed by atoms with van der Waals surface area (Å²) in [5, 5.41) is 3.00. The molecule has 140 valence electrons. The number of nitrogens with one attached hydrogen (secondary N) is 1. The highest BCUT2D eigenvalue weighted by atomic mass is 32.2. The molecule has 1 saturated carbocycles. The van der Waals surface area contributed by atoms with Crippen LogP contribution < -0.4 is 10.2 Å². The van der Waals surface area contributed by atoms with Gasteiger partial charge in [-0.3, -0.25) is 14.4 Å². The first-order valence-corrected chi connectivity index (χ1v) is 10.0. The standard InChI is InChI=1S/C19H23FN2O3S/c20-14-6-8-16(9-7-14)22(19(25)13-10-18(24)26-12-13)11-17(23)21-15-4-2-1-3-5-15/h6-9,13,15H,1-5,10-12H2,(H,21,23)/t13-/m1/s1. The van der Waals surface area contributed by atoms with Crippen LogP contribution in [0, 0.1) is 11.7 Å². The molecule has 0 bridgehead atoms. The van der Waals surface area contributed by atoms with Crippen LogP contribution in [0.5, 0.6) is 0 Å². The molecule has 1 atom stereocenters. The number of thioether (sulfide) groups is 1. The summed E-state index contributed by atoms with van der Waals surface area (Å²) in [5.74, 6) is -0.876. The first-order valence-electron chi connectivity index (χ1n) is 9.05. The second kappa shape index (κ2) is 8.66. The Morgan fingerprint density at radius 3 is 2.46 bits per heavy atom. The summed E-state index contributed by atoms with van der Waals surface area (Å²) < 4.78 is 13.2. The van der Waals surface area contributed by atoms with E-state index in [9.17, 15) is 18.8 Å². The summed E-state index contributed by atoms with van der Waals surface area (Å²) in [5.41, 5.74) is 0.472. The van der Waals surface area contributed by atoms with Crippen LogP contribution in [0.25, 0.3) is 0 Å². The summed E-state index contributed by atoms with van der Waals surface area (Å²) in [6, 6.07) is 5.67.